The van der Waals surface area contributed by atoms with E-state index in [4.69, 9.17) is 10.5 Å². The molecule has 0 spiro atoms. The van der Waals surface area contributed by atoms with Crippen LogP contribution in [-0.4, -0.2) is 22.1 Å². The predicted molar refractivity (Wildman–Crippen MR) is 64.5 cm³/mol. The summed E-state index contributed by atoms with van der Waals surface area (Å²) >= 11 is 0. The summed E-state index contributed by atoms with van der Waals surface area (Å²) in [4.78, 5) is 7.42. The number of benzene rings is 1. The molecule has 0 radical (unpaired) electrons. The molecule has 0 aliphatic heterocycles. The lowest BCUT2D eigenvalue weighted by Crippen LogP contribution is -2.41. The van der Waals surface area contributed by atoms with E-state index in [9.17, 15) is 0 Å². The van der Waals surface area contributed by atoms with E-state index >= 15 is 0 Å². The van der Waals surface area contributed by atoms with Crippen LogP contribution in [0.1, 0.15) is 20.3 Å². The number of hydrogen-bond donors (Lipinski definition) is 2. The zero-order valence-electron chi connectivity index (χ0n) is 9.66. The van der Waals surface area contributed by atoms with Crippen LogP contribution in [-0.2, 0) is 0 Å². The van der Waals surface area contributed by atoms with Crippen LogP contribution in [0.25, 0.3) is 11.0 Å². The van der Waals surface area contributed by atoms with Crippen molar-refractivity contribution in [3.63, 3.8) is 0 Å². The van der Waals surface area contributed by atoms with E-state index in [1.54, 1.807) is 0 Å². The molecule has 2 aromatic rings. The van der Waals surface area contributed by atoms with Gasteiger partial charge in [0.25, 0.3) is 6.01 Å². The lowest BCUT2D eigenvalue weighted by molar-refractivity contribution is 0.213. The first-order valence-electron chi connectivity index (χ1n) is 5.47. The van der Waals surface area contributed by atoms with Crippen LogP contribution in [0.3, 0.4) is 0 Å². The molecule has 2 rings (SSSR count). The number of nitrogens with one attached hydrogen (secondary N) is 1. The second-order valence-corrected chi connectivity index (χ2v) is 4.36. The van der Waals surface area contributed by atoms with Gasteiger partial charge in [0, 0.05) is 5.54 Å². The van der Waals surface area contributed by atoms with Gasteiger partial charge in [-0.15, -0.1) is 0 Å². The van der Waals surface area contributed by atoms with Crippen LogP contribution in [0.5, 0.6) is 6.01 Å². The molecule has 0 aliphatic rings. The Morgan fingerprint density at radius 2 is 2.19 bits per heavy atom. The van der Waals surface area contributed by atoms with Crippen molar-refractivity contribution in [2.45, 2.75) is 25.8 Å². The fourth-order valence-corrected chi connectivity index (χ4v) is 1.33. The number of fused-ring (bicyclic) bond motifs is 1. The van der Waals surface area contributed by atoms with E-state index in [-0.39, 0.29) is 5.54 Å². The van der Waals surface area contributed by atoms with Gasteiger partial charge in [-0.05, 0) is 25.5 Å². The number of aromatic amines is 1. The maximum absolute atomic E-state index is 5.99. The summed E-state index contributed by atoms with van der Waals surface area (Å²) in [7, 11) is 0. The number of rotatable bonds is 4. The normalized spacial score (nSPS) is 14.9. The van der Waals surface area contributed by atoms with Crippen LogP contribution in [0, 0.1) is 0 Å². The van der Waals surface area contributed by atoms with Crippen LogP contribution in [0.4, 0.5) is 0 Å². The molecular formula is C12H17N3O. The lowest BCUT2D eigenvalue weighted by Gasteiger charge is -2.21. The molecule has 0 amide bonds. The molecule has 1 aromatic heterocycles. The standard InChI is InChI=1S/C12H17N3O/c1-3-12(2,13)8-16-11-14-9-6-4-5-7-10(9)15-11/h4-7H,3,8,13H2,1-2H3,(H,14,15). The Hall–Kier alpha value is -1.55. The number of H-pyrrole nitrogens is 1. The van der Waals surface area contributed by atoms with Crippen molar-refractivity contribution in [3.05, 3.63) is 24.3 Å². The van der Waals surface area contributed by atoms with Crippen molar-refractivity contribution in [1.82, 2.24) is 9.97 Å². The molecule has 0 saturated carbocycles. The minimum absolute atomic E-state index is 0.307. The summed E-state index contributed by atoms with van der Waals surface area (Å²) < 4.78 is 5.56. The molecule has 0 saturated heterocycles. The van der Waals surface area contributed by atoms with Gasteiger partial charge in [-0.3, -0.25) is 0 Å². The number of ether oxygens (including phenoxy) is 1. The van der Waals surface area contributed by atoms with Crippen molar-refractivity contribution in [1.29, 1.82) is 0 Å². The fraction of sp³-hybridized carbons (Fsp3) is 0.417. The third-order valence-corrected chi connectivity index (χ3v) is 2.71. The first-order chi connectivity index (χ1) is 7.61. The Balaban J connectivity index is 2.10. The SMILES string of the molecule is CCC(C)(N)COc1nc2ccccc2[nH]1. The van der Waals surface area contributed by atoms with E-state index < -0.39 is 0 Å². The van der Waals surface area contributed by atoms with Gasteiger partial charge in [0.05, 0.1) is 11.0 Å². The Labute approximate surface area is 94.8 Å². The van der Waals surface area contributed by atoms with Crippen LogP contribution in [0.2, 0.25) is 0 Å². The quantitative estimate of drug-likeness (QED) is 0.827. The minimum atomic E-state index is -0.307. The van der Waals surface area contributed by atoms with E-state index in [2.05, 4.69) is 9.97 Å². The topological polar surface area (TPSA) is 63.9 Å². The van der Waals surface area contributed by atoms with Gasteiger partial charge in [-0.25, -0.2) is 0 Å². The Morgan fingerprint density at radius 3 is 2.88 bits per heavy atom. The highest BCUT2D eigenvalue weighted by Gasteiger charge is 2.17. The Kier molecular flexibility index (Phi) is 2.83. The average Bonchev–Trinajstić information content (AvgIpc) is 2.69. The van der Waals surface area contributed by atoms with Crippen molar-refractivity contribution in [3.8, 4) is 6.01 Å². The summed E-state index contributed by atoms with van der Waals surface area (Å²) in [6.45, 7) is 4.47. The average molecular weight is 219 g/mol. The van der Waals surface area contributed by atoms with Crippen LogP contribution in [0.15, 0.2) is 24.3 Å². The lowest BCUT2D eigenvalue weighted by atomic mass is 10.0. The number of nitrogens with two attached hydrogens (primary N) is 1. The van der Waals surface area contributed by atoms with Gasteiger partial charge in [-0.2, -0.15) is 4.98 Å². The minimum Gasteiger partial charge on any atom is -0.463 e. The zero-order valence-corrected chi connectivity index (χ0v) is 9.66. The molecule has 0 aliphatic carbocycles. The van der Waals surface area contributed by atoms with Gasteiger partial charge in [0.15, 0.2) is 0 Å². The molecule has 1 aromatic carbocycles. The highest BCUT2D eigenvalue weighted by atomic mass is 16.5. The van der Waals surface area contributed by atoms with Crippen LogP contribution < -0.4 is 10.5 Å². The summed E-state index contributed by atoms with van der Waals surface area (Å²) in [6.07, 6.45) is 0.868. The van der Waals surface area contributed by atoms with Crippen molar-refractivity contribution in [2.24, 2.45) is 5.73 Å². The van der Waals surface area contributed by atoms with Gasteiger partial charge < -0.3 is 15.5 Å². The van der Waals surface area contributed by atoms with Gasteiger partial charge in [0.2, 0.25) is 0 Å². The van der Waals surface area contributed by atoms with E-state index in [0.717, 1.165) is 17.5 Å². The number of aromatic nitrogens is 2. The maximum Gasteiger partial charge on any atom is 0.294 e. The van der Waals surface area contributed by atoms with E-state index in [0.29, 0.717) is 12.6 Å². The molecule has 3 N–H and O–H groups in total. The summed E-state index contributed by atoms with van der Waals surface area (Å²) in [5.74, 6) is 0. The molecule has 86 valence electrons. The first kappa shape index (κ1) is 11.0. The molecule has 1 atom stereocenters. The number of para-hydroxylation sites is 2. The summed E-state index contributed by atoms with van der Waals surface area (Å²) in [5, 5.41) is 0. The highest BCUT2D eigenvalue weighted by Crippen LogP contribution is 2.16. The van der Waals surface area contributed by atoms with Gasteiger partial charge in [0.1, 0.15) is 6.61 Å². The third kappa shape index (κ3) is 2.33. The second kappa shape index (κ2) is 4.14. The van der Waals surface area contributed by atoms with E-state index in [1.807, 2.05) is 38.1 Å². The molecule has 1 heterocycles. The second-order valence-electron chi connectivity index (χ2n) is 4.36. The first-order valence-corrected chi connectivity index (χ1v) is 5.47. The third-order valence-electron chi connectivity index (χ3n) is 2.71. The fourth-order valence-electron chi connectivity index (χ4n) is 1.33. The summed E-state index contributed by atoms with van der Waals surface area (Å²) in [5.41, 5.74) is 7.57. The largest absolute Gasteiger partial charge is 0.463 e. The van der Waals surface area contributed by atoms with Crippen molar-refractivity contribution >= 4 is 11.0 Å². The smallest absolute Gasteiger partial charge is 0.294 e. The molecule has 1 unspecified atom stereocenters. The summed E-state index contributed by atoms with van der Waals surface area (Å²) in [6, 6.07) is 8.36. The van der Waals surface area contributed by atoms with Crippen molar-refractivity contribution < 1.29 is 4.74 Å². The number of imidazole rings is 1. The molecule has 0 fully saturated rings. The predicted octanol–water partition coefficient (Wildman–Crippen LogP) is 2.07. The van der Waals surface area contributed by atoms with Crippen LogP contribution >= 0.6 is 0 Å². The molecular weight excluding hydrogens is 202 g/mol. The molecule has 4 heteroatoms. The molecule has 4 nitrogen and oxygen atoms in total. The van der Waals surface area contributed by atoms with Gasteiger partial charge >= 0.3 is 0 Å². The van der Waals surface area contributed by atoms with Crippen molar-refractivity contribution in [2.75, 3.05) is 6.61 Å². The maximum atomic E-state index is 5.99. The zero-order chi connectivity index (χ0) is 11.6. The Bertz CT molecular complexity index is 443. The van der Waals surface area contributed by atoms with E-state index in [1.165, 1.54) is 0 Å². The molecule has 0 bridgehead atoms. The Morgan fingerprint density at radius 1 is 1.44 bits per heavy atom. The number of nitrogens with zero attached hydrogens (tertiary/aromatic N) is 1. The monoisotopic (exact) mass is 219 g/mol. The van der Waals surface area contributed by atoms with Gasteiger partial charge in [-0.1, -0.05) is 19.1 Å². The molecule has 16 heavy (non-hydrogen) atoms. The number of hydrogen-bond acceptors (Lipinski definition) is 3. The highest BCUT2D eigenvalue weighted by molar-refractivity contribution is 5.75.